The lowest BCUT2D eigenvalue weighted by molar-refractivity contribution is -0.137. The van der Waals surface area contributed by atoms with Crippen LogP contribution in [-0.2, 0) is 20.9 Å². The number of amides is 1. The molecule has 3 saturated heterocycles. The maximum Gasteiger partial charge on any atom is 0.416 e. The van der Waals surface area contributed by atoms with Crippen LogP contribution in [0, 0.1) is 6.92 Å². The zero-order valence-electron chi connectivity index (χ0n) is 25.4. The van der Waals surface area contributed by atoms with Crippen molar-refractivity contribution in [1.29, 1.82) is 0 Å². The van der Waals surface area contributed by atoms with E-state index in [0.717, 1.165) is 62.9 Å². The molecule has 2 unspecified atom stereocenters. The van der Waals surface area contributed by atoms with Crippen molar-refractivity contribution < 1.29 is 31.1 Å². The number of carbonyl (C=O) groups excluding carboxylic acids is 1. The smallest absolute Gasteiger partial charge is 0.368 e. The Labute approximate surface area is 257 Å². The number of benzene rings is 1. The van der Waals surface area contributed by atoms with Crippen LogP contribution >= 0.6 is 0 Å². The van der Waals surface area contributed by atoms with Crippen molar-refractivity contribution in [3.8, 4) is 0 Å². The number of aromatic nitrogens is 2. The Hall–Kier alpha value is -2.81. The molecule has 242 valence electrons. The van der Waals surface area contributed by atoms with Crippen molar-refractivity contribution in [3.05, 3.63) is 53.0 Å². The van der Waals surface area contributed by atoms with Crippen LogP contribution < -0.4 is 5.32 Å². The Bertz CT molecular complexity index is 1410. The van der Waals surface area contributed by atoms with Crippen LogP contribution in [0.25, 0.3) is 0 Å². The number of hydrogen-bond acceptors (Lipinski definition) is 8. The van der Waals surface area contributed by atoms with Gasteiger partial charge in [-0.1, -0.05) is 12.1 Å². The fourth-order valence-electron chi connectivity index (χ4n) is 6.51. The molecule has 1 aromatic heterocycles. The highest BCUT2D eigenvalue weighted by Crippen LogP contribution is 2.35. The Kier molecular flexibility index (Phi) is 9.83. The molecule has 1 aromatic carbocycles. The summed E-state index contributed by atoms with van der Waals surface area (Å²) in [5.74, 6) is 0.432. The summed E-state index contributed by atoms with van der Waals surface area (Å²) in [7, 11) is -1.55. The Morgan fingerprint density at radius 2 is 1.68 bits per heavy atom. The zero-order valence-corrected chi connectivity index (χ0v) is 26.2. The highest BCUT2D eigenvalue weighted by Gasteiger charge is 2.34. The second kappa shape index (κ2) is 13.3. The molecule has 0 bridgehead atoms. The van der Waals surface area contributed by atoms with E-state index >= 15 is 0 Å². The van der Waals surface area contributed by atoms with Crippen molar-refractivity contribution >= 4 is 21.7 Å². The van der Waals surface area contributed by atoms with Gasteiger partial charge in [-0.25, -0.2) is 22.7 Å². The normalized spacial score (nSPS) is 22.9. The fourth-order valence-corrected chi connectivity index (χ4v) is 7.26. The van der Waals surface area contributed by atoms with Gasteiger partial charge in [-0.2, -0.15) is 13.2 Å². The van der Waals surface area contributed by atoms with Crippen LogP contribution in [-0.4, -0.2) is 103 Å². The fraction of sp³-hybridized carbons (Fsp3) is 0.633. The van der Waals surface area contributed by atoms with Gasteiger partial charge in [-0.3, -0.25) is 4.79 Å². The third-order valence-electron chi connectivity index (χ3n) is 9.31. The third kappa shape index (κ3) is 7.52. The van der Waals surface area contributed by atoms with Crippen molar-refractivity contribution in [2.75, 3.05) is 51.3 Å². The number of nitrogens with zero attached hydrogens (tertiary/aromatic N) is 5. The summed E-state index contributed by atoms with van der Waals surface area (Å²) in [5.41, 5.74) is 1.07. The van der Waals surface area contributed by atoms with Crippen LogP contribution in [0.5, 0.6) is 0 Å². The molecule has 3 fully saturated rings. The number of nitrogens with one attached hydrogen (secondary N) is 1. The molecule has 0 radical (unpaired) electrons. The molecule has 3 aliphatic heterocycles. The number of hydrogen-bond donors (Lipinski definition) is 1. The standard InChI is InChI=1S/C30H41F3N6O4S/c1-20-27(29(40)39-16-12-24(13-17-39)38-14-10-23(11-15-38)37(2)44(3,41)42)35-19-36-28(20)34-18-25-8-9-26(43-25)21-4-6-22(7-5-21)30(31,32)33/h4-7,19,23-26H,8-18H2,1-3H3,(H,34,35,36). The van der Waals surface area contributed by atoms with Crippen molar-refractivity contribution in [1.82, 2.24) is 24.1 Å². The predicted molar refractivity (Wildman–Crippen MR) is 160 cm³/mol. The summed E-state index contributed by atoms with van der Waals surface area (Å²) in [6.07, 6.45) is 2.62. The van der Waals surface area contributed by atoms with Gasteiger partial charge in [0.25, 0.3) is 5.91 Å². The molecule has 10 nitrogen and oxygen atoms in total. The topological polar surface area (TPSA) is 108 Å². The molecule has 44 heavy (non-hydrogen) atoms. The van der Waals surface area contributed by atoms with E-state index in [1.165, 1.54) is 29.0 Å². The predicted octanol–water partition coefficient (Wildman–Crippen LogP) is 4.10. The number of piperidine rings is 2. The maximum atomic E-state index is 13.5. The Morgan fingerprint density at radius 1 is 1.02 bits per heavy atom. The summed E-state index contributed by atoms with van der Waals surface area (Å²) >= 11 is 0. The van der Waals surface area contributed by atoms with Crippen molar-refractivity contribution in [2.45, 2.75) is 75.9 Å². The summed E-state index contributed by atoms with van der Waals surface area (Å²) in [6.45, 7) is 5.21. The van der Waals surface area contributed by atoms with Crippen molar-refractivity contribution in [3.63, 3.8) is 0 Å². The molecule has 14 heteroatoms. The van der Waals surface area contributed by atoms with Gasteiger partial charge in [0.1, 0.15) is 17.8 Å². The van der Waals surface area contributed by atoms with Gasteiger partial charge in [0, 0.05) is 44.3 Å². The molecule has 0 saturated carbocycles. The average Bonchev–Trinajstić information content (AvgIpc) is 3.48. The number of rotatable bonds is 8. The monoisotopic (exact) mass is 638 g/mol. The Morgan fingerprint density at radius 3 is 2.30 bits per heavy atom. The van der Waals surface area contributed by atoms with E-state index in [0.29, 0.717) is 49.2 Å². The van der Waals surface area contributed by atoms with Crippen molar-refractivity contribution in [2.24, 2.45) is 0 Å². The van der Waals surface area contributed by atoms with E-state index < -0.39 is 21.8 Å². The lowest BCUT2D eigenvalue weighted by Crippen LogP contribution is -2.52. The molecular weight excluding hydrogens is 597 g/mol. The first kappa shape index (κ1) is 32.6. The van der Waals surface area contributed by atoms with Gasteiger partial charge in [-0.05, 0) is 76.2 Å². The first-order valence-electron chi connectivity index (χ1n) is 15.2. The summed E-state index contributed by atoms with van der Waals surface area (Å²) in [4.78, 5) is 26.4. The average molecular weight is 639 g/mol. The molecular formula is C30H41F3N6O4S. The molecule has 1 amide bonds. The van der Waals surface area contributed by atoms with Crippen LogP contribution in [0.15, 0.2) is 30.6 Å². The summed E-state index contributed by atoms with van der Waals surface area (Å²) < 4.78 is 70.1. The molecule has 2 aromatic rings. The first-order valence-corrected chi connectivity index (χ1v) is 17.0. The van der Waals surface area contributed by atoms with E-state index in [2.05, 4.69) is 20.2 Å². The van der Waals surface area contributed by atoms with Gasteiger partial charge in [0.2, 0.25) is 10.0 Å². The minimum absolute atomic E-state index is 0.0344. The number of likely N-dealkylation sites (tertiary alicyclic amines) is 2. The van der Waals surface area contributed by atoms with Gasteiger partial charge in [0.15, 0.2) is 0 Å². The van der Waals surface area contributed by atoms with Crippen LogP contribution in [0.3, 0.4) is 0 Å². The van der Waals surface area contributed by atoms with E-state index in [1.54, 1.807) is 7.05 Å². The second-order valence-corrected chi connectivity index (χ2v) is 14.1. The largest absolute Gasteiger partial charge is 0.416 e. The SMILES string of the molecule is Cc1c(NCC2CCC(c3ccc(C(F)(F)F)cc3)O2)ncnc1C(=O)N1CCC(N2CCC(N(C)S(C)(=O)=O)CC2)CC1. The molecule has 5 rings (SSSR count). The number of halogens is 3. The molecule has 3 aliphatic rings. The number of sulfonamides is 1. The molecule has 2 atom stereocenters. The van der Waals surface area contributed by atoms with Gasteiger partial charge in [0.05, 0.1) is 24.0 Å². The second-order valence-electron chi connectivity index (χ2n) is 12.1. The van der Waals surface area contributed by atoms with E-state index in [-0.39, 0.29) is 24.2 Å². The summed E-state index contributed by atoms with van der Waals surface area (Å²) in [5, 5.41) is 3.28. The van der Waals surface area contributed by atoms with E-state index in [4.69, 9.17) is 4.74 Å². The minimum atomic E-state index is -4.37. The van der Waals surface area contributed by atoms with Gasteiger partial charge < -0.3 is 19.9 Å². The van der Waals surface area contributed by atoms with Gasteiger partial charge >= 0.3 is 6.18 Å². The summed E-state index contributed by atoms with van der Waals surface area (Å²) in [6, 6.07) is 5.52. The lowest BCUT2D eigenvalue weighted by atomic mass is 9.97. The quantitative estimate of drug-likeness (QED) is 0.461. The maximum absolute atomic E-state index is 13.5. The highest BCUT2D eigenvalue weighted by molar-refractivity contribution is 7.88. The third-order valence-corrected chi connectivity index (χ3v) is 10.7. The zero-order chi connectivity index (χ0) is 31.6. The van der Waals surface area contributed by atoms with Crippen LogP contribution in [0.2, 0.25) is 0 Å². The number of alkyl halides is 3. The molecule has 1 N–H and O–H groups in total. The highest BCUT2D eigenvalue weighted by atomic mass is 32.2. The minimum Gasteiger partial charge on any atom is -0.368 e. The lowest BCUT2D eigenvalue weighted by Gasteiger charge is -2.43. The number of anilines is 1. The number of ether oxygens (including phenoxy) is 1. The van der Waals surface area contributed by atoms with Gasteiger partial charge in [-0.15, -0.1) is 0 Å². The first-order chi connectivity index (χ1) is 20.8. The number of carbonyl (C=O) groups is 1. The Balaban J connectivity index is 1.10. The molecule has 0 aliphatic carbocycles. The molecule has 4 heterocycles. The van der Waals surface area contributed by atoms with Crippen LogP contribution in [0.4, 0.5) is 19.0 Å². The molecule has 0 spiro atoms. The van der Waals surface area contributed by atoms with Crippen LogP contribution in [0.1, 0.15) is 71.8 Å². The van der Waals surface area contributed by atoms with E-state index in [1.807, 2.05) is 11.8 Å². The van der Waals surface area contributed by atoms with E-state index in [9.17, 15) is 26.4 Å².